The van der Waals surface area contributed by atoms with Crippen molar-refractivity contribution in [3.05, 3.63) is 60.0 Å². The minimum absolute atomic E-state index is 0.221. The largest absolute Gasteiger partial charge is 0.493 e. The van der Waals surface area contributed by atoms with E-state index in [1.165, 1.54) is 31.4 Å². The van der Waals surface area contributed by atoms with Gasteiger partial charge in [-0.3, -0.25) is 20.1 Å². The van der Waals surface area contributed by atoms with Gasteiger partial charge in [-0.2, -0.15) is 0 Å². The Labute approximate surface area is 281 Å². The Balaban J connectivity index is 1.04. The van der Waals surface area contributed by atoms with E-state index in [0.29, 0.717) is 41.2 Å². The third-order valence-corrected chi connectivity index (χ3v) is 11.4. The average Bonchev–Trinajstić information content (AvgIpc) is 3.41. The topological polar surface area (TPSA) is 88.4 Å². The number of piperidine rings is 2. The van der Waals surface area contributed by atoms with Gasteiger partial charge in [0.1, 0.15) is 11.9 Å². The summed E-state index contributed by atoms with van der Waals surface area (Å²) < 4.78 is 21.9. The molecule has 2 saturated heterocycles. The van der Waals surface area contributed by atoms with Crippen LogP contribution in [0.5, 0.6) is 5.75 Å². The van der Waals surface area contributed by atoms with Gasteiger partial charge in [0.25, 0.3) is 5.91 Å². The highest BCUT2D eigenvalue weighted by molar-refractivity contribution is 6.05. The number of fused-ring (bicyclic) bond motifs is 7. The molecule has 0 unspecified atom stereocenters. The lowest BCUT2D eigenvalue weighted by molar-refractivity contribution is 0.000296. The second-order valence-corrected chi connectivity index (χ2v) is 14.8. The van der Waals surface area contributed by atoms with Crippen molar-refractivity contribution in [1.29, 1.82) is 0 Å². The Morgan fingerprint density at radius 1 is 1.00 bits per heavy atom. The molecule has 2 bridgehead atoms. The van der Waals surface area contributed by atoms with E-state index < -0.39 is 6.17 Å². The highest BCUT2D eigenvalue weighted by Gasteiger charge is 2.41. The molecule has 1 amide bonds. The maximum Gasteiger partial charge on any atom is 0.258 e. The first-order valence-electron chi connectivity index (χ1n) is 17.8. The third-order valence-electron chi connectivity index (χ3n) is 11.4. The summed E-state index contributed by atoms with van der Waals surface area (Å²) in [5.74, 6) is 1.41. The number of anilines is 2. The molecule has 3 aliphatic heterocycles. The lowest BCUT2D eigenvalue weighted by Crippen LogP contribution is -2.53. The number of benzene rings is 1. The summed E-state index contributed by atoms with van der Waals surface area (Å²) in [6.07, 6.45) is 11.1. The Hall–Kier alpha value is -4.05. The van der Waals surface area contributed by atoms with Crippen LogP contribution < -0.4 is 15.0 Å². The number of aryl methyl sites for hydroxylation is 1. The summed E-state index contributed by atoms with van der Waals surface area (Å²) in [6, 6.07) is 12.5. The van der Waals surface area contributed by atoms with E-state index >= 15 is 0 Å². The van der Waals surface area contributed by atoms with E-state index in [2.05, 4.69) is 49.8 Å². The molecule has 48 heavy (non-hydrogen) atoms. The first-order valence-corrected chi connectivity index (χ1v) is 17.8. The molecule has 3 fully saturated rings. The van der Waals surface area contributed by atoms with Crippen LogP contribution in [0.4, 0.5) is 16.0 Å². The van der Waals surface area contributed by atoms with Crippen LogP contribution in [0.3, 0.4) is 0 Å². The van der Waals surface area contributed by atoms with Crippen molar-refractivity contribution >= 4 is 28.6 Å². The number of likely N-dealkylation sites (tertiary alicyclic amines) is 1. The van der Waals surface area contributed by atoms with Gasteiger partial charge in [0.05, 0.1) is 28.9 Å². The van der Waals surface area contributed by atoms with E-state index in [1.54, 1.807) is 24.5 Å². The van der Waals surface area contributed by atoms with Crippen molar-refractivity contribution < 1.29 is 13.9 Å². The summed E-state index contributed by atoms with van der Waals surface area (Å²) in [4.78, 5) is 32.8. The number of amides is 1. The van der Waals surface area contributed by atoms with Gasteiger partial charge in [0, 0.05) is 55.0 Å². The van der Waals surface area contributed by atoms with Crippen LogP contribution in [0.1, 0.15) is 74.3 Å². The predicted octanol–water partition coefficient (Wildman–Crippen LogP) is 7.05. The highest BCUT2D eigenvalue weighted by Crippen LogP contribution is 2.44. The second kappa shape index (κ2) is 12.8. The number of nitrogens with one attached hydrogen (secondary N) is 1. The Bertz CT molecular complexity index is 1800. The zero-order valence-corrected chi connectivity index (χ0v) is 28.1. The van der Waals surface area contributed by atoms with Gasteiger partial charge < -0.3 is 19.1 Å². The first-order chi connectivity index (χ1) is 23.3. The lowest BCUT2D eigenvalue weighted by Gasteiger charge is -2.50. The zero-order valence-electron chi connectivity index (χ0n) is 28.1. The number of rotatable bonds is 2. The molecule has 6 heterocycles. The SMILES string of the molecule is Cc1cc2cc(n1)-c1cnccc1OCCC[C@@H](C)Cn1c(nc3ccc(N4CCC5(CC4)CCN(C4CC(F)C4)CC5)cc31)NC2=O. The molecule has 10 heteroatoms. The molecule has 4 aliphatic rings. The first kappa shape index (κ1) is 31.2. The number of imidazole rings is 1. The van der Waals surface area contributed by atoms with E-state index in [9.17, 15) is 9.18 Å². The smallest absolute Gasteiger partial charge is 0.258 e. The molecule has 1 N–H and O–H groups in total. The molecule has 8 rings (SSSR count). The summed E-state index contributed by atoms with van der Waals surface area (Å²) >= 11 is 0. The molecule has 1 aromatic carbocycles. The van der Waals surface area contributed by atoms with Crippen LogP contribution >= 0.6 is 0 Å². The van der Waals surface area contributed by atoms with Gasteiger partial charge in [-0.05, 0) is 119 Å². The van der Waals surface area contributed by atoms with Crippen molar-refractivity contribution in [2.24, 2.45) is 11.3 Å². The van der Waals surface area contributed by atoms with Crippen LogP contribution in [0.15, 0.2) is 48.8 Å². The molecule has 0 radical (unpaired) electrons. The van der Waals surface area contributed by atoms with Crippen molar-refractivity contribution in [2.75, 3.05) is 43.0 Å². The van der Waals surface area contributed by atoms with Crippen LogP contribution in [0, 0.1) is 18.3 Å². The summed E-state index contributed by atoms with van der Waals surface area (Å²) in [6.45, 7) is 9.79. The molecule has 9 nitrogen and oxygen atoms in total. The highest BCUT2D eigenvalue weighted by atomic mass is 19.1. The number of hydrogen-bond acceptors (Lipinski definition) is 7. The zero-order chi connectivity index (χ0) is 32.8. The number of ether oxygens (including phenoxy) is 1. The van der Waals surface area contributed by atoms with Crippen LogP contribution in [0.25, 0.3) is 22.3 Å². The van der Waals surface area contributed by atoms with Crippen molar-refractivity contribution in [3.63, 3.8) is 0 Å². The molecule has 252 valence electrons. The molecular weight excluding hydrogens is 605 g/mol. The fourth-order valence-electron chi connectivity index (χ4n) is 8.34. The van der Waals surface area contributed by atoms with Crippen molar-refractivity contribution in [2.45, 2.75) is 84.0 Å². The minimum atomic E-state index is -0.581. The monoisotopic (exact) mass is 651 g/mol. The number of aromatic nitrogens is 4. The Morgan fingerprint density at radius 3 is 2.58 bits per heavy atom. The summed E-state index contributed by atoms with van der Waals surface area (Å²) in [5, 5.41) is 3.16. The standard InChI is InChI=1S/C38H46FN7O2/c1-25-4-3-17-48-35-7-12-40-23-31(35)33-19-27(18-26(2)41-33)36(47)43-37-42-32-6-5-29(22-34(32)46(37)24-25)44-13-8-38(9-14-44)10-15-45(16-11-38)30-20-28(39)21-30/h5-7,12,18-19,22-23,25,28,30H,3-4,8-11,13-17,20-21,24H2,1-2H3,(H,42,43,47)/t25-,28?,30?/m1/s1. The van der Waals surface area contributed by atoms with E-state index in [-0.39, 0.29) is 5.91 Å². The number of carbonyl (C=O) groups is 1. The molecule has 1 saturated carbocycles. The maximum atomic E-state index is 13.8. The second-order valence-electron chi connectivity index (χ2n) is 14.8. The number of pyridine rings is 2. The number of carbonyl (C=O) groups excluding carboxylic acids is 1. The van der Waals surface area contributed by atoms with Gasteiger partial charge in [-0.15, -0.1) is 0 Å². The molecule has 1 aliphatic carbocycles. The molecule has 1 atom stereocenters. The maximum absolute atomic E-state index is 13.8. The average molecular weight is 652 g/mol. The fourth-order valence-corrected chi connectivity index (χ4v) is 8.34. The number of alkyl halides is 1. The molecule has 1 spiro atoms. The minimum Gasteiger partial charge on any atom is -0.493 e. The van der Waals surface area contributed by atoms with E-state index in [0.717, 1.165) is 86.4 Å². The van der Waals surface area contributed by atoms with Crippen LogP contribution in [-0.2, 0) is 6.54 Å². The van der Waals surface area contributed by atoms with Gasteiger partial charge >= 0.3 is 0 Å². The van der Waals surface area contributed by atoms with Gasteiger partial charge in [-0.25, -0.2) is 9.37 Å². The Morgan fingerprint density at radius 2 is 1.79 bits per heavy atom. The number of halogens is 1. The Kier molecular flexibility index (Phi) is 8.31. The summed E-state index contributed by atoms with van der Waals surface area (Å²) in [7, 11) is 0. The van der Waals surface area contributed by atoms with Crippen LogP contribution in [-0.4, -0.2) is 75.3 Å². The molecule has 3 aromatic heterocycles. The molecular formula is C38H46FN7O2. The number of nitrogens with zero attached hydrogens (tertiary/aromatic N) is 6. The van der Waals surface area contributed by atoms with Gasteiger partial charge in [-0.1, -0.05) is 6.92 Å². The van der Waals surface area contributed by atoms with Crippen molar-refractivity contribution in [3.8, 4) is 17.0 Å². The van der Waals surface area contributed by atoms with Crippen LogP contribution in [0.2, 0.25) is 0 Å². The van der Waals surface area contributed by atoms with E-state index in [1.807, 2.05) is 13.0 Å². The van der Waals surface area contributed by atoms with Gasteiger partial charge in [0.2, 0.25) is 5.95 Å². The predicted molar refractivity (Wildman–Crippen MR) is 186 cm³/mol. The lowest BCUT2D eigenvalue weighted by atomic mass is 9.70. The normalized spacial score (nSPS) is 24.9. The number of hydrogen-bond donors (Lipinski definition) is 1. The molecule has 4 aromatic rings. The van der Waals surface area contributed by atoms with Crippen molar-refractivity contribution in [1.82, 2.24) is 24.4 Å². The summed E-state index contributed by atoms with van der Waals surface area (Å²) in [5.41, 5.74) is 6.24. The quantitative estimate of drug-likeness (QED) is 0.249. The van der Waals surface area contributed by atoms with E-state index in [4.69, 9.17) is 14.7 Å². The third kappa shape index (κ3) is 6.15. The fraction of sp³-hybridized carbons (Fsp3) is 0.526. The van der Waals surface area contributed by atoms with Gasteiger partial charge in [0.15, 0.2) is 0 Å².